The third kappa shape index (κ3) is 4.45. The average Bonchev–Trinajstić information content (AvgIpc) is 3.76. The summed E-state index contributed by atoms with van der Waals surface area (Å²) in [5.74, 6) is 1.53. The van der Waals surface area contributed by atoms with E-state index in [0.29, 0.717) is 17.6 Å². The van der Waals surface area contributed by atoms with Crippen molar-refractivity contribution in [2.75, 3.05) is 0 Å². The first-order valence-electron chi connectivity index (χ1n) is 18.9. The summed E-state index contributed by atoms with van der Waals surface area (Å²) < 4.78 is 46.8. The second-order valence-corrected chi connectivity index (χ2v) is 12.1. The van der Waals surface area contributed by atoms with E-state index in [4.69, 9.17) is 21.8 Å². The van der Waals surface area contributed by atoms with E-state index in [1.807, 2.05) is 109 Å². The normalized spacial score (nSPS) is 13.0. The van der Waals surface area contributed by atoms with Gasteiger partial charge in [0.2, 0.25) is 5.95 Å². The lowest BCUT2D eigenvalue weighted by Crippen LogP contribution is -2.06. The van der Waals surface area contributed by atoms with Gasteiger partial charge in [-0.15, -0.1) is 0 Å². The molecule has 0 atom stereocenters. The molecule has 10 aromatic rings. The van der Waals surface area contributed by atoms with Crippen LogP contribution in [0.25, 0.3) is 89.2 Å². The molecule has 0 saturated heterocycles. The molecule has 0 aliphatic carbocycles. The molecule has 0 aliphatic rings. The van der Waals surface area contributed by atoms with Gasteiger partial charge in [-0.3, -0.25) is 4.57 Å². The highest BCUT2D eigenvalue weighted by Crippen LogP contribution is 2.42. The van der Waals surface area contributed by atoms with Gasteiger partial charge in [-0.05, 0) is 47.5 Å². The van der Waals surface area contributed by atoms with E-state index < -0.39 is 6.04 Å². The average molecular weight is 645 g/mol. The lowest BCUT2D eigenvalue weighted by Gasteiger charge is -2.11. The molecular formula is C45H29N5. The van der Waals surface area contributed by atoms with Gasteiger partial charge in [-0.25, -0.2) is 4.98 Å². The molecule has 5 heteroatoms. The molecule has 0 fully saturated rings. The maximum Gasteiger partial charge on any atom is 0.238 e. The van der Waals surface area contributed by atoms with Crippen LogP contribution in [-0.2, 0) is 0 Å². The fourth-order valence-electron chi connectivity index (χ4n) is 7.08. The van der Waals surface area contributed by atoms with E-state index in [2.05, 4.69) is 41.0 Å². The van der Waals surface area contributed by atoms with Gasteiger partial charge in [0.15, 0.2) is 11.6 Å². The number of aromatic nitrogens is 5. The molecule has 0 radical (unpaired) electrons. The molecular weight excluding hydrogens is 611 g/mol. The van der Waals surface area contributed by atoms with Crippen LogP contribution in [0.4, 0.5) is 0 Å². The van der Waals surface area contributed by atoms with Crippen molar-refractivity contribution in [2.24, 2.45) is 0 Å². The number of nitrogens with zero attached hydrogens (tertiary/aromatic N) is 5. The Kier molecular flexibility index (Phi) is 5.35. The minimum Gasteiger partial charge on any atom is -0.309 e. The van der Waals surface area contributed by atoms with Crippen molar-refractivity contribution in [1.29, 1.82) is 0 Å². The molecule has 0 spiro atoms. The van der Waals surface area contributed by atoms with Crippen molar-refractivity contribution in [3.63, 3.8) is 0 Å². The summed E-state index contributed by atoms with van der Waals surface area (Å²) in [6.45, 7) is 0. The van der Waals surface area contributed by atoms with Gasteiger partial charge in [0, 0.05) is 38.4 Å². The van der Waals surface area contributed by atoms with E-state index in [1.165, 1.54) is 0 Å². The summed E-state index contributed by atoms with van der Waals surface area (Å²) in [5.41, 5.74) is 7.23. The molecule has 3 aromatic heterocycles. The summed E-state index contributed by atoms with van der Waals surface area (Å²) >= 11 is 0. The molecule has 7 aromatic carbocycles. The zero-order valence-electron chi connectivity index (χ0n) is 31.6. The number of para-hydroxylation sites is 3. The van der Waals surface area contributed by atoms with Crippen LogP contribution in [0.5, 0.6) is 0 Å². The maximum atomic E-state index is 8.89. The molecule has 10 rings (SSSR count). The summed E-state index contributed by atoms with van der Waals surface area (Å²) in [4.78, 5) is 15.2. The predicted octanol–water partition coefficient (Wildman–Crippen LogP) is 11.1. The van der Waals surface area contributed by atoms with Gasteiger partial charge >= 0.3 is 0 Å². The Morgan fingerprint density at radius 2 is 0.840 bits per heavy atom. The lowest BCUT2D eigenvalue weighted by atomic mass is 10.0. The SMILES string of the molecule is [2H]c1c([2H])c([2H])c(-n2c3ccccc3c3c4c5ccccc5n(-c5nc(-c6ccccc6)nc(-c6ccc(-c7ccccc7)cc6)n5)c4ccc32)c([2H])c1[2H]. The summed E-state index contributed by atoms with van der Waals surface area (Å²) in [6.07, 6.45) is 0. The lowest BCUT2D eigenvalue weighted by molar-refractivity contribution is 0.953. The molecule has 0 N–H and O–H groups in total. The third-order valence-electron chi connectivity index (χ3n) is 9.29. The fraction of sp³-hybridized carbons (Fsp3) is 0. The van der Waals surface area contributed by atoms with Crippen LogP contribution >= 0.6 is 0 Å². The smallest absolute Gasteiger partial charge is 0.238 e. The van der Waals surface area contributed by atoms with E-state index in [9.17, 15) is 0 Å². The van der Waals surface area contributed by atoms with Gasteiger partial charge in [-0.1, -0.05) is 139 Å². The number of benzene rings is 7. The Balaban J connectivity index is 1.27. The van der Waals surface area contributed by atoms with Crippen LogP contribution in [0.3, 0.4) is 0 Å². The summed E-state index contributed by atoms with van der Waals surface area (Å²) in [6, 6.07) is 46.5. The minimum atomic E-state index is -0.427. The van der Waals surface area contributed by atoms with Gasteiger partial charge < -0.3 is 4.57 Å². The first-order chi connectivity index (χ1) is 26.9. The Morgan fingerprint density at radius 1 is 0.380 bits per heavy atom. The summed E-state index contributed by atoms with van der Waals surface area (Å²) in [7, 11) is 0. The van der Waals surface area contributed by atoms with Crippen LogP contribution in [0.2, 0.25) is 0 Å². The van der Waals surface area contributed by atoms with Gasteiger partial charge in [-0.2, -0.15) is 9.97 Å². The van der Waals surface area contributed by atoms with Crippen LogP contribution in [0.1, 0.15) is 6.85 Å². The highest BCUT2D eigenvalue weighted by atomic mass is 15.2. The maximum absolute atomic E-state index is 8.89. The number of hydrogen-bond acceptors (Lipinski definition) is 3. The Hall–Kier alpha value is -6.85. The van der Waals surface area contributed by atoms with Crippen molar-refractivity contribution in [1.82, 2.24) is 24.1 Å². The predicted molar refractivity (Wildman–Crippen MR) is 205 cm³/mol. The Morgan fingerprint density at radius 3 is 1.46 bits per heavy atom. The van der Waals surface area contributed by atoms with Gasteiger partial charge in [0.1, 0.15) is 0 Å². The number of fused-ring (bicyclic) bond motifs is 7. The molecule has 0 aliphatic heterocycles. The first-order valence-corrected chi connectivity index (χ1v) is 16.4. The molecule has 0 amide bonds. The van der Waals surface area contributed by atoms with Crippen LogP contribution in [0.15, 0.2) is 176 Å². The quantitative estimate of drug-likeness (QED) is 0.187. The van der Waals surface area contributed by atoms with E-state index in [1.54, 1.807) is 4.57 Å². The Bertz CT molecular complexity index is 3110. The zero-order valence-corrected chi connectivity index (χ0v) is 26.6. The van der Waals surface area contributed by atoms with Crippen LogP contribution in [0, 0.1) is 0 Å². The zero-order chi connectivity index (χ0) is 37.4. The second kappa shape index (κ2) is 11.4. The fourth-order valence-corrected chi connectivity index (χ4v) is 7.08. The molecule has 3 heterocycles. The van der Waals surface area contributed by atoms with E-state index in [0.717, 1.165) is 65.9 Å². The van der Waals surface area contributed by atoms with Crippen molar-refractivity contribution in [3.8, 4) is 45.5 Å². The standard InChI is InChI=1S/C45H29N5/c1-4-14-30(15-5-1)31-24-26-33(27-25-31)44-46-43(32-16-6-2-7-17-32)47-45(48-44)50-38-23-13-11-21-36(38)42-40(50)29-28-39-41(42)35-20-10-12-22-37(35)49(39)34-18-8-3-9-19-34/h1-29H/i3D,8D,9D,18D,19D. The number of rotatable bonds is 5. The molecule has 5 nitrogen and oxygen atoms in total. The van der Waals surface area contributed by atoms with Crippen LogP contribution in [-0.4, -0.2) is 24.1 Å². The van der Waals surface area contributed by atoms with Crippen molar-refractivity contribution in [2.45, 2.75) is 0 Å². The largest absolute Gasteiger partial charge is 0.309 e. The van der Waals surface area contributed by atoms with Crippen LogP contribution < -0.4 is 0 Å². The molecule has 0 saturated carbocycles. The molecule has 234 valence electrons. The Labute approximate surface area is 295 Å². The third-order valence-corrected chi connectivity index (χ3v) is 9.29. The highest BCUT2D eigenvalue weighted by Gasteiger charge is 2.22. The number of hydrogen-bond donors (Lipinski definition) is 0. The monoisotopic (exact) mass is 644 g/mol. The van der Waals surface area contributed by atoms with Gasteiger partial charge in [0.25, 0.3) is 0 Å². The molecule has 0 unspecified atom stereocenters. The minimum absolute atomic E-state index is 0.105. The second-order valence-electron chi connectivity index (χ2n) is 12.1. The van der Waals surface area contributed by atoms with Gasteiger partial charge in [0.05, 0.1) is 28.9 Å². The molecule has 0 bridgehead atoms. The van der Waals surface area contributed by atoms with Crippen molar-refractivity contribution < 1.29 is 6.85 Å². The van der Waals surface area contributed by atoms with Crippen molar-refractivity contribution >= 4 is 43.6 Å². The van der Waals surface area contributed by atoms with E-state index >= 15 is 0 Å². The highest BCUT2D eigenvalue weighted by molar-refractivity contribution is 6.28. The van der Waals surface area contributed by atoms with Crippen molar-refractivity contribution in [3.05, 3.63) is 176 Å². The molecule has 50 heavy (non-hydrogen) atoms. The van der Waals surface area contributed by atoms with E-state index in [-0.39, 0.29) is 29.9 Å². The first kappa shape index (κ1) is 23.5. The summed E-state index contributed by atoms with van der Waals surface area (Å²) in [5, 5.41) is 3.68. The topological polar surface area (TPSA) is 48.5 Å².